The molecule has 0 spiro atoms. The third-order valence-corrected chi connectivity index (χ3v) is 15.1. The fraction of sp³-hybridized carbons (Fsp3) is 0.610. The van der Waals surface area contributed by atoms with Crippen molar-refractivity contribution in [1.29, 1.82) is 0 Å². The maximum absolute atomic E-state index is 12.8. The molecule has 87 heavy (non-hydrogen) atoms. The molecule has 0 aliphatic rings. The molecule has 0 saturated carbocycles. The summed E-state index contributed by atoms with van der Waals surface area (Å²) in [6.45, 7) is 3.50. The predicted octanol–water partition coefficient (Wildman–Crippen LogP) is 23.0. The summed E-state index contributed by atoms with van der Waals surface area (Å²) in [5.41, 5.74) is 5.40. The zero-order chi connectivity index (χ0) is 63.0. The van der Waals surface area contributed by atoms with Crippen LogP contribution in [0, 0.1) is 0 Å². The van der Waals surface area contributed by atoms with Crippen LogP contribution in [0.15, 0.2) is 170 Å². The van der Waals surface area contributed by atoms with Crippen molar-refractivity contribution in [1.82, 2.24) is 0 Å². The van der Waals surface area contributed by atoms with E-state index in [0.717, 1.165) is 148 Å². The van der Waals surface area contributed by atoms with Gasteiger partial charge in [0.2, 0.25) is 0 Å². The number of carbonyl (C=O) groups is 2. The van der Waals surface area contributed by atoms with E-state index in [0.29, 0.717) is 12.8 Å². The largest absolute Gasteiger partial charge is 0.472 e. The van der Waals surface area contributed by atoms with Gasteiger partial charge in [0.15, 0.2) is 6.10 Å². The lowest BCUT2D eigenvalue weighted by Gasteiger charge is -2.19. The van der Waals surface area contributed by atoms with E-state index < -0.39 is 32.5 Å². The van der Waals surface area contributed by atoms with Crippen LogP contribution in [-0.4, -0.2) is 49.3 Å². The summed E-state index contributed by atoms with van der Waals surface area (Å²) < 4.78 is 33.1. The van der Waals surface area contributed by atoms with Gasteiger partial charge in [0.25, 0.3) is 0 Å². The molecule has 0 fully saturated rings. The Morgan fingerprint density at radius 3 is 0.885 bits per heavy atom. The standard InChI is InChI=1S/C77H126NO8P/c1-3-5-7-9-11-13-15-17-19-21-23-25-27-29-30-31-32-33-34-35-36-37-38-39-40-41-42-43-44-46-48-50-52-54-56-58-60-62-64-66-68-70-77(80)86-75(74-85-87(81,82)84-72-71-78)73-83-76(79)69-67-65-63-61-59-57-55-53-51-49-47-45-28-26-24-22-20-18-16-14-12-10-8-6-4-2/h5-8,11-14,17-20,23-26,29-30,32-33,35-36,38-39,45,47,51,53,75H,3-4,9-10,15-16,21-22,27-28,31,34,37,40-44,46,48-50,52,54-74,78H2,1-2H3,(H,81,82)/b7-5-,8-6-,13-11-,14-12-,19-17-,20-18-,25-23-,26-24-,30-29-,33-32-,36-35-,39-38-,47-45-,53-51-. The van der Waals surface area contributed by atoms with E-state index in [1.54, 1.807) is 0 Å². The fourth-order valence-electron chi connectivity index (χ4n) is 9.07. The van der Waals surface area contributed by atoms with Crippen LogP contribution >= 0.6 is 7.82 Å². The van der Waals surface area contributed by atoms with Gasteiger partial charge >= 0.3 is 19.8 Å². The maximum atomic E-state index is 12.8. The number of esters is 2. The number of allylic oxidation sites excluding steroid dienone is 28. The van der Waals surface area contributed by atoms with Crippen LogP contribution in [0.25, 0.3) is 0 Å². The van der Waals surface area contributed by atoms with Gasteiger partial charge in [-0.1, -0.05) is 300 Å². The highest BCUT2D eigenvalue weighted by atomic mass is 31.2. The van der Waals surface area contributed by atoms with Gasteiger partial charge in [0.05, 0.1) is 13.2 Å². The Balaban J connectivity index is 3.93. The van der Waals surface area contributed by atoms with E-state index >= 15 is 0 Å². The summed E-state index contributed by atoms with van der Waals surface area (Å²) >= 11 is 0. The second-order valence-electron chi connectivity index (χ2n) is 22.3. The smallest absolute Gasteiger partial charge is 0.462 e. The normalized spacial score (nSPS) is 14.0. The molecule has 3 N–H and O–H groups in total. The highest BCUT2D eigenvalue weighted by molar-refractivity contribution is 7.47. The summed E-state index contributed by atoms with van der Waals surface area (Å²) in [4.78, 5) is 35.3. The monoisotopic (exact) mass is 1220 g/mol. The highest BCUT2D eigenvalue weighted by Crippen LogP contribution is 2.43. The number of hydrogen-bond acceptors (Lipinski definition) is 8. The lowest BCUT2D eigenvalue weighted by atomic mass is 10.0. The van der Waals surface area contributed by atoms with Gasteiger partial charge in [0.1, 0.15) is 6.61 Å². The molecule has 0 aliphatic carbocycles. The Hall–Kier alpha value is -4.63. The Morgan fingerprint density at radius 1 is 0.345 bits per heavy atom. The van der Waals surface area contributed by atoms with Crippen LogP contribution in [0.3, 0.4) is 0 Å². The van der Waals surface area contributed by atoms with Gasteiger partial charge in [-0.2, -0.15) is 0 Å². The molecule has 0 amide bonds. The van der Waals surface area contributed by atoms with Crippen molar-refractivity contribution in [3.63, 3.8) is 0 Å². The number of unbranched alkanes of at least 4 members (excludes halogenated alkanes) is 22. The van der Waals surface area contributed by atoms with Crippen molar-refractivity contribution in [2.75, 3.05) is 26.4 Å². The first-order valence-corrected chi connectivity index (χ1v) is 36.1. The fourth-order valence-corrected chi connectivity index (χ4v) is 9.83. The molecule has 0 bridgehead atoms. The van der Waals surface area contributed by atoms with Crippen molar-refractivity contribution in [2.24, 2.45) is 5.73 Å². The topological polar surface area (TPSA) is 134 Å². The minimum absolute atomic E-state index is 0.0439. The number of nitrogens with two attached hydrogens (primary N) is 1. The summed E-state index contributed by atoms with van der Waals surface area (Å²) in [6, 6.07) is 0. The Labute approximate surface area is 533 Å². The van der Waals surface area contributed by atoms with Gasteiger partial charge in [0, 0.05) is 19.4 Å². The van der Waals surface area contributed by atoms with E-state index in [4.69, 9.17) is 24.3 Å². The molecule has 2 unspecified atom stereocenters. The molecule has 0 saturated heterocycles. The Morgan fingerprint density at radius 2 is 0.598 bits per heavy atom. The average molecular weight is 1220 g/mol. The third kappa shape index (κ3) is 70.3. The van der Waals surface area contributed by atoms with E-state index in [9.17, 15) is 19.0 Å². The molecule has 0 radical (unpaired) electrons. The van der Waals surface area contributed by atoms with Crippen LogP contribution in [0.4, 0.5) is 0 Å². The van der Waals surface area contributed by atoms with Gasteiger partial charge in [-0.15, -0.1) is 0 Å². The van der Waals surface area contributed by atoms with E-state index in [-0.39, 0.29) is 32.6 Å². The zero-order valence-corrected chi connectivity index (χ0v) is 56.1. The summed E-state index contributed by atoms with van der Waals surface area (Å²) in [6.07, 6.45) is 104. The van der Waals surface area contributed by atoms with Crippen LogP contribution < -0.4 is 5.73 Å². The molecular weight excluding hydrogens is 1100 g/mol. The molecule has 492 valence electrons. The molecule has 0 aliphatic heterocycles. The molecular formula is C77H126NO8P. The lowest BCUT2D eigenvalue weighted by molar-refractivity contribution is -0.161. The first kappa shape index (κ1) is 82.4. The first-order chi connectivity index (χ1) is 42.8. The quantitative estimate of drug-likeness (QED) is 0.0264. The van der Waals surface area contributed by atoms with Crippen molar-refractivity contribution in [2.45, 2.75) is 277 Å². The molecule has 0 aromatic rings. The first-order valence-electron chi connectivity index (χ1n) is 34.6. The highest BCUT2D eigenvalue weighted by Gasteiger charge is 2.26. The maximum Gasteiger partial charge on any atom is 0.472 e. The van der Waals surface area contributed by atoms with Gasteiger partial charge in [-0.25, -0.2) is 4.57 Å². The predicted molar refractivity (Wildman–Crippen MR) is 376 cm³/mol. The van der Waals surface area contributed by atoms with Crippen molar-refractivity contribution in [3.8, 4) is 0 Å². The summed E-state index contributed by atoms with van der Waals surface area (Å²) in [5.74, 6) is -0.850. The van der Waals surface area contributed by atoms with E-state index in [2.05, 4.69) is 184 Å². The van der Waals surface area contributed by atoms with Crippen molar-refractivity contribution in [3.05, 3.63) is 170 Å². The van der Waals surface area contributed by atoms with Crippen LogP contribution in [-0.2, 0) is 32.7 Å². The molecule has 2 atom stereocenters. The summed E-state index contributed by atoms with van der Waals surface area (Å²) in [7, 11) is -4.41. The molecule has 0 aromatic carbocycles. The van der Waals surface area contributed by atoms with Gasteiger partial charge in [-0.05, 0) is 128 Å². The number of ether oxygens (including phenoxy) is 2. The molecule has 9 nitrogen and oxygen atoms in total. The number of phosphoric acid groups is 1. The van der Waals surface area contributed by atoms with Gasteiger partial charge < -0.3 is 20.1 Å². The van der Waals surface area contributed by atoms with E-state index in [1.165, 1.54) is 83.5 Å². The van der Waals surface area contributed by atoms with Crippen LogP contribution in [0.2, 0.25) is 0 Å². The molecule has 0 heterocycles. The number of phosphoric ester groups is 1. The average Bonchev–Trinajstić information content (AvgIpc) is 3.65. The minimum atomic E-state index is -4.41. The second kappa shape index (κ2) is 70.5. The summed E-state index contributed by atoms with van der Waals surface area (Å²) in [5, 5.41) is 0. The molecule has 0 aromatic heterocycles. The Bertz CT molecular complexity index is 2030. The Kier molecular flexibility index (Phi) is 66.7. The lowest BCUT2D eigenvalue weighted by Crippen LogP contribution is -2.29. The number of carbonyl (C=O) groups excluding carboxylic acids is 2. The zero-order valence-electron chi connectivity index (χ0n) is 55.2. The van der Waals surface area contributed by atoms with Crippen molar-refractivity contribution >= 4 is 19.8 Å². The van der Waals surface area contributed by atoms with Crippen molar-refractivity contribution < 1.29 is 37.6 Å². The molecule has 10 heteroatoms. The number of rotatable bonds is 63. The molecule has 0 rings (SSSR count). The van der Waals surface area contributed by atoms with Gasteiger partial charge in [-0.3, -0.25) is 18.6 Å². The van der Waals surface area contributed by atoms with E-state index in [1.807, 2.05) is 0 Å². The van der Waals surface area contributed by atoms with Crippen LogP contribution in [0.1, 0.15) is 271 Å². The minimum Gasteiger partial charge on any atom is -0.462 e. The SMILES string of the molecule is CC/C=C\C/C=C\C/C=C\C/C=C\C/C=C\C/C=C\C/C=C\C/C=C\CCCCCCCCCCCCCCCCCCC(=O)OC(COC(=O)CCCCCCCC/C=C\C/C=C\C/C=C\C/C=C\C/C=C\C/C=C\CC)COP(=O)(O)OCCN. The second-order valence-corrected chi connectivity index (χ2v) is 23.7. The third-order valence-electron chi connectivity index (χ3n) is 14.1. The van der Waals surface area contributed by atoms with Crippen LogP contribution in [0.5, 0.6) is 0 Å². The number of hydrogen-bond donors (Lipinski definition) is 2.